The second-order valence-electron chi connectivity index (χ2n) is 5.22. The van der Waals surface area contributed by atoms with Gasteiger partial charge >= 0.3 is 0 Å². The van der Waals surface area contributed by atoms with Gasteiger partial charge in [0.1, 0.15) is 0 Å². The van der Waals surface area contributed by atoms with Crippen molar-refractivity contribution in [3.63, 3.8) is 0 Å². The first-order valence-corrected chi connectivity index (χ1v) is 7.43. The maximum atomic E-state index is 11.2. The second-order valence-corrected chi connectivity index (χ2v) is 5.22. The number of rotatable bonds is 6. The predicted octanol–water partition coefficient (Wildman–Crippen LogP) is 2.10. The van der Waals surface area contributed by atoms with Gasteiger partial charge in [-0.25, -0.2) is 4.98 Å². The SMILES string of the molecule is COc1cc(C=O)c(OCN2C=CC=CC2c2ccnn2C)cn1. The Hall–Kier alpha value is -3.09. The maximum Gasteiger partial charge on any atom is 0.213 e. The molecule has 0 amide bonds. The molecule has 7 nitrogen and oxygen atoms in total. The van der Waals surface area contributed by atoms with Gasteiger partial charge in [-0.15, -0.1) is 0 Å². The van der Waals surface area contributed by atoms with Crippen LogP contribution in [0.2, 0.25) is 0 Å². The number of carbonyl (C=O) groups is 1. The van der Waals surface area contributed by atoms with Crippen LogP contribution in [0.25, 0.3) is 0 Å². The minimum absolute atomic E-state index is 0.00777. The first kappa shape index (κ1) is 15.8. The maximum absolute atomic E-state index is 11.2. The van der Waals surface area contributed by atoms with Crippen LogP contribution in [0.15, 0.2) is 49.0 Å². The van der Waals surface area contributed by atoms with Crippen LogP contribution in [-0.4, -0.2) is 39.8 Å². The van der Waals surface area contributed by atoms with E-state index in [-0.39, 0.29) is 12.8 Å². The Labute approximate surface area is 139 Å². The molecule has 24 heavy (non-hydrogen) atoms. The smallest absolute Gasteiger partial charge is 0.213 e. The van der Waals surface area contributed by atoms with E-state index >= 15 is 0 Å². The molecule has 1 aliphatic heterocycles. The largest absolute Gasteiger partial charge is 0.481 e. The number of carbonyl (C=O) groups excluding carboxylic acids is 1. The Bertz CT molecular complexity index is 782. The van der Waals surface area contributed by atoms with Gasteiger partial charge in [-0.05, 0) is 12.1 Å². The van der Waals surface area contributed by atoms with E-state index in [1.54, 1.807) is 12.3 Å². The summed E-state index contributed by atoms with van der Waals surface area (Å²) < 4.78 is 12.6. The van der Waals surface area contributed by atoms with Crippen molar-refractivity contribution in [2.75, 3.05) is 13.8 Å². The summed E-state index contributed by atoms with van der Waals surface area (Å²) in [7, 11) is 3.40. The number of allylic oxidation sites excluding steroid dienone is 2. The van der Waals surface area contributed by atoms with E-state index in [1.807, 2.05) is 41.0 Å². The fourth-order valence-electron chi connectivity index (χ4n) is 2.51. The highest BCUT2D eigenvalue weighted by Gasteiger charge is 2.20. The number of aldehydes is 1. The van der Waals surface area contributed by atoms with Gasteiger partial charge in [-0.2, -0.15) is 5.10 Å². The first-order chi connectivity index (χ1) is 11.7. The van der Waals surface area contributed by atoms with E-state index in [9.17, 15) is 4.79 Å². The molecule has 7 heteroatoms. The van der Waals surface area contributed by atoms with Crippen molar-refractivity contribution in [2.24, 2.45) is 7.05 Å². The molecule has 1 aliphatic rings. The fourth-order valence-corrected chi connectivity index (χ4v) is 2.51. The average Bonchev–Trinajstić information content (AvgIpc) is 3.05. The molecule has 0 aliphatic carbocycles. The number of nitrogens with zero attached hydrogens (tertiary/aromatic N) is 4. The molecular formula is C17H18N4O3. The topological polar surface area (TPSA) is 69.5 Å². The van der Waals surface area contributed by atoms with Gasteiger partial charge in [0.25, 0.3) is 0 Å². The van der Waals surface area contributed by atoms with E-state index in [2.05, 4.69) is 16.2 Å². The Balaban J connectivity index is 1.76. The van der Waals surface area contributed by atoms with Crippen LogP contribution >= 0.6 is 0 Å². The van der Waals surface area contributed by atoms with Crippen LogP contribution in [0.4, 0.5) is 0 Å². The summed E-state index contributed by atoms with van der Waals surface area (Å²) >= 11 is 0. The van der Waals surface area contributed by atoms with Crippen molar-refractivity contribution < 1.29 is 14.3 Å². The van der Waals surface area contributed by atoms with Crippen LogP contribution in [0, 0.1) is 0 Å². The Kier molecular flexibility index (Phi) is 4.60. The van der Waals surface area contributed by atoms with Crippen molar-refractivity contribution >= 4 is 6.29 Å². The third kappa shape index (κ3) is 3.15. The number of ether oxygens (including phenoxy) is 2. The molecule has 0 saturated heterocycles. The lowest BCUT2D eigenvalue weighted by Gasteiger charge is -2.30. The summed E-state index contributed by atoms with van der Waals surface area (Å²) in [5.74, 6) is 0.788. The highest BCUT2D eigenvalue weighted by atomic mass is 16.5. The summed E-state index contributed by atoms with van der Waals surface area (Å²) in [4.78, 5) is 17.3. The predicted molar refractivity (Wildman–Crippen MR) is 87.7 cm³/mol. The van der Waals surface area contributed by atoms with Crippen molar-refractivity contribution in [1.29, 1.82) is 0 Å². The van der Waals surface area contributed by atoms with Gasteiger partial charge in [0.2, 0.25) is 5.88 Å². The van der Waals surface area contributed by atoms with Gasteiger partial charge in [-0.3, -0.25) is 9.48 Å². The molecule has 0 saturated carbocycles. The van der Waals surface area contributed by atoms with Gasteiger partial charge in [0, 0.05) is 25.5 Å². The molecule has 124 valence electrons. The molecule has 0 bridgehead atoms. The Morgan fingerprint density at radius 3 is 2.96 bits per heavy atom. The van der Waals surface area contributed by atoms with Gasteiger partial charge in [-0.1, -0.05) is 12.2 Å². The Morgan fingerprint density at radius 2 is 2.25 bits per heavy atom. The third-order valence-corrected chi connectivity index (χ3v) is 3.78. The van der Waals surface area contributed by atoms with Crippen molar-refractivity contribution in [2.45, 2.75) is 6.04 Å². The Morgan fingerprint density at radius 1 is 1.38 bits per heavy atom. The van der Waals surface area contributed by atoms with E-state index in [1.165, 1.54) is 13.3 Å². The quantitative estimate of drug-likeness (QED) is 0.757. The summed E-state index contributed by atoms with van der Waals surface area (Å²) in [5.41, 5.74) is 1.44. The zero-order chi connectivity index (χ0) is 16.9. The molecule has 1 atom stereocenters. The molecule has 0 radical (unpaired) electrons. The number of pyridine rings is 1. The van der Waals surface area contributed by atoms with E-state index < -0.39 is 0 Å². The lowest BCUT2D eigenvalue weighted by molar-refractivity contribution is 0.110. The molecule has 0 spiro atoms. The highest BCUT2D eigenvalue weighted by Crippen LogP contribution is 2.26. The molecule has 3 heterocycles. The third-order valence-electron chi connectivity index (χ3n) is 3.78. The van der Waals surface area contributed by atoms with Crippen LogP contribution in [-0.2, 0) is 7.05 Å². The molecule has 0 aromatic carbocycles. The normalized spacial score (nSPS) is 16.2. The van der Waals surface area contributed by atoms with Crippen LogP contribution in [0.1, 0.15) is 22.1 Å². The number of aryl methyl sites for hydroxylation is 1. The fraction of sp³-hybridized carbons (Fsp3) is 0.235. The number of methoxy groups -OCH3 is 1. The minimum Gasteiger partial charge on any atom is -0.481 e. The summed E-state index contributed by atoms with van der Waals surface area (Å²) in [6.07, 6.45) is 11.9. The van der Waals surface area contributed by atoms with E-state index in [4.69, 9.17) is 9.47 Å². The van der Waals surface area contributed by atoms with Crippen LogP contribution in [0.5, 0.6) is 11.6 Å². The van der Waals surface area contributed by atoms with E-state index in [0.29, 0.717) is 17.2 Å². The summed E-state index contributed by atoms with van der Waals surface area (Å²) in [5, 5.41) is 4.21. The van der Waals surface area contributed by atoms with E-state index in [0.717, 1.165) is 12.0 Å². The first-order valence-electron chi connectivity index (χ1n) is 7.43. The minimum atomic E-state index is 0.00777. The number of hydrogen-bond donors (Lipinski definition) is 0. The number of aromatic nitrogens is 3. The van der Waals surface area contributed by atoms with Crippen LogP contribution < -0.4 is 9.47 Å². The average molecular weight is 326 g/mol. The summed E-state index contributed by atoms with van der Waals surface area (Å²) in [6.45, 7) is 0.269. The molecular weight excluding hydrogens is 308 g/mol. The molecule has 2 aromatic rings. The highest BCUT2D eigenvalue weighted by molar-refractivity contribution is 5.79. The monoisotopic (exact) mass is 326 g/mol. The number of hydrogen-bond acceptors (Lipinski definition) is 6. The van der Waals surface area contributed by atoms with Gasteiger partial charge in [0.15, 0.2) is 18.8 Å². The molecule has 1 unspecified atom stereocenters. The second kappa shape index (κ2) is 6.99. The van der Waals surface area contributed by atoms with Gasteiger partial charge in [0.05, 0.1) is 30.6 Å². The van der Waals surface area contributed by atoms with Gasteiger partial charge < -0.3 is 14.4 Å². The molecule has 0 N–H and O–H groups in total. The lowest BCUT2D eigenvalue weighted by Crippen LogP contribution is -2.29. The van der Waals surface area contributed by atoms with Crippen molar-refractivity contribution in [3.05, 3.63) is 60.2 Å². The van der Waals surface area contributed by atoms with Crippen molar-refractivity contribution in [1.82, 2.24) is 19.7 Å². The zero-order valence-corrected chi connectivity index (χ0v) is 13.5. The van der Waals surface area contributed by atoms with Crippen molar-refractivity contribution in [3.8, 4) is 11.6 Å². The van der Waals surface area contributed by atoms with Crippen LogP contribution in [0.3, 0.4) is 0 Å². The zero-order valence-electron chi connectivity index (χ0n) is 13.5. The summed E-state index contributed by atoms with van der Waals surface area (Å²) in [6, 6.07) is 3.52. The standard InChI is InChI=1S/C17H18N4O3/c1-20-14(6-7-19-20)15-5-3-4-8-21(15)12-24-16-10-18-17(23-2)9-13(16)11-22/h3-11,15H,12H2,1-2H3. The molecule has 3 rings (SSSR count). The molecule has 0 fully saturated rings. The molecule has 2 aromatic heterocycles. The lowest BCUT2D eigenvalue weighted by atomic mass is 10.1.